The van der Waals surface area contributed by atoms with Crippen LogP contribution in [0.1, 0.15) is 33.1 Å². The van der Waals surface area contributed by atoms with Gasteiger partial charge in [-0.15, -0.1) is 0 Å². The van der Waals surface area contributed by atoms with Crippen LogP contribution in [0.4, 0.5) is 0 Å². The van der Waals surface area contributed by atoms with Gasteiger partial charge in [0.05, 0.1) is 0 Å². The number of carbonyl (C=O) groups excluding carboxylic acids is 1. The van der Waals surface area contributed by atoms with Crippen molar-refractivity contribution in [3.05, 3.63) is 11.6 Å². The monoisotopic (exact) mass is 164 g/mol. The van der Waals surface area contributed by atoms with Crippen molar-refractivity contribution in [2.24, 2.45) is 17.8 Å². The van der Waals surface area contributed by atoms with E-state index in [0.29, 0.717) is 17.6 Å². The van der Waals surface area contributed by atoms with Gasteiger partial charge in [0.2, 0.25) is 0 Å². The molecule has 0 aromatic heterocycles. The van der Waals surface area contributed by atoms with Crippen LogP contribution in [0.3, 0.4) is 0 Å². The first-order chi connectivity index (χ1) is 5.72. The second-order valence-electron chi connectivity index (χ2n) is 4.23. The maximum atomic E-state index is 11.3. The summed E-state index contributed by atoms with van der Waals surface area (Å²) in [7, 11) is 0. The van der Waals surface area contributed by atoms with Crippen LogP contribution in [-0.4, -0.2) is 5.78 Å². The molecule has 0 N–H and O–H groups in total. The van der Waals surface area contributed by atoms with Crippen LogP contribution in [0.5, 0.6) is 0 Å². The number of allylic oxidation sites excluding steroid dienone is 2. The molecular formula is C11H16O. The highest BCUT2D eigenvalue weighted by atomic mass is 16.1. The molecule has 1 unspecified atom stereocenters. The molecule has 2 saturated carbocycles. The number of Topliss-reactive ketones (excluding diaryl/α,β-unsaturated/α-hetero) is 1. The van der Waals surface area contributed by atoms with Crippen LogP contribution in [0.15, 0.2) is 11.6 Å². The van der Waals surface area contributed by atoms with E-state index in [-0.39, 0.29) is 0 Å². The topological polar surface area (TPSA) is 17.1 Å². The second kappa shape index (κ2) is 2.72. The van der Waals surface area contributed by atoms with Crippen molar-refractivity contribution in [1.29, 1.82) is 0 Å². The molecule has 0 aromatic carbocycles. The molecule has 0 aliphatic heterocycles. The highest BCUT2D eigenvalue weighted by Gasteiger charge is 2.44. The van der Waals surface area contributed by atoms with Gasteiger partial charge < -0.3 is 0 Å². The van der Waals surface area contributed by atoms with Crippen molar-refractivity contribution in [3.63, 3.8) is 0 Å². The van der Waals surface area contributed by atoms with Gasteiger partial charge in [-0.1, -0.05) is 11.6 Å². The van der Waals surface area contributed by atoms with Crippen molar-refractivity contribution in [2.75, 3.05) is 0 Å². The lowest BCUT2D eigenvalue weighted by Gasteiger charge is -2.21. The normalized spacial score (nSPS) is 42.5. The van der Waals surface area contributed by atoms with Gasteiger partial charge in [-0.25, -0.2) is 0 Å². The zero-order valence-electron chi connectivity index (χ0n) is 7.84. The van der Waals surface area contributed by atoms with Crippen molar-refractivity contribution in [2.45, 2.75) is 33.1 Å². The SMILES string of the molecule is CC=C1C[C@H]2CC(C(C)=O)[C@@H]1C2. The third kappa shape index (κ3) is 1.03. The minimum absolute atomic E-state index is 0.370. The van der Waals surface area contributed by atoms with Crippen molar-refractivity contribution in [3.8, 4) is 0 Å². The number of ketones is 1. The average Bonchev–Trinajstić information content (AvgIpc) is 2.60. The molecular weight excluding hydrogens is 148 g/mol. The lowest BCUT2D eigenvalue weighted by Crippen LogP contribution is -2.19. The van der Waals surface area contributed by atoms with Gasteiger partial charge in [-0.3, -0.25) is 4.79 Å². The van der Waals surface area contributed by atoms with Gasteiger partial charge in [-0.2, -0.15) is 0 Å². The van der Waals surface area contributed by atoms with E-state index in [1.165, 1.54) is 12.8 Å². The van der Waals surface area contributed by atoms with Crippen LogP contribution in [0.2, 0.25) is 0 Å². The molecule has 0 amide bonds. The smallest absolute Gasteiger partial charge is 0.133 e. The van der Waals surface area contributed by atoms with E-state index in [9.17, 15) is 4.79 Å². The van der Waals surface area contributed by atoms with Crippen molar-refractivity contribution >= 4 is 5.78 Å². The molecule has 12 heavy (non-hydrogen) atoms. The first-order valence-electron chi connectivity index (χ1n) is 4.88. The summed E-state index contributed by atoms with van der Waals surface area (Å²) in [6.45, 7) is 3.85. The lowest BCUT2D eigenvalue weighted by molar-refractivity contribution is -0.121. The number of carbonyl (C=O) groups is 1. The highest BCUT2D eigenvalue weighted by Crippen LogP contribution is 2.51. The molecule has 1 heteroatoms. The number of hydrogen-bond acceptors (Lipinski definition) is 1. The molecule has 0 saturated heterocycles. The molecule has 0 heterocycles. The van der Waals surface area contributed by atoms with Crippen LogP contribution in [0.25, 0.3) is 0 Å². The predicted octanol–water partition coefficient (Wildman–Crippen LogP) is 2.57. The first kappa shape index (κ1) is 8.03. The Morgan fingerprint density at radius 2 is 2.25 bits per heavy atom. The molecule has 2 bridgehead atoms. The van der Waals surface area contributed by atoms with Gasteiger partial charge in [0.1, 0.15) is 5.78 Å². The maximum Gasteiger partial charge on any atom is 0.133 e. The molecule has 0 aromatic rings. The fourth-order valence-corrected chi connectivity index (χ4v) is 2.99. The number of fused-ring (bicyclic) bond motifs is 2. The van der Waals surface area contributed by atoms with E-state index in [2.05, 4.69) is 13.0 Å². The van der Waals surface area contributed by atoms with E-state index < -0.39 is 0 Å². The fourth-order valence-electron chi connectivity index (χ4n) is 2.99. The Hall–Kier alpha value is -0.590. The number of hydrogen-bond donors (Lipinski definition) is 0. The summed E-state index contributed by atoms with van der Waals surface area (Å²) >= 11 is 0. The quantitative estimate of drug-likeness (QED) is 0.544. The Morgan fingerprint density at radius 1 is 1.50 bits per heavy atom. The molecule has 2 aliphatic carbocycles. The Balaban J connectivity index is 2.20. The van der Waals surface area contributed by atoms with E-state index >= 15 is 0 Å². The van der Waals surface area contributed by atoms with E-state index in [0.717, 1.165) is 12.3 Å². The summed E-state index contributed by atoms with van der Waals surface area (Å²) in [4.78, 5) is 11.3. The van der Waals surface area contributed by atoms with Gasteiger partial charge >= 0.3 is 0 Å². The van der Waals surface area contributed by atoms with Crippen LogP contribution in [-0.2, 0) is 4.79 Å². The molecule has 66 valence electrons. The summed E-state index contributed by atoms with van der Waals surface area (Å²) < 4.78 is 0. The molecule has 0 spiro atoms. The van der Waals surface area contributed by atoms with E-state index in [1.54, 1.807) is 12.5 Å². The minimum Gasteiger partial charge on any atom is -0.300 e. The van der Waals surface area contributed by atoms with Crippen LogP contribution >= 0.6 is 0 Å². The molecule has 2 rings (SSSR count). The molecule has 3 atom stereocenters. The van der Waals surface area contributed by atoms with Gasteiger partial charge in [-0.05, 0) is 44.9 Å². The van der Waals surface area contributed by atoms with E-state index in [1.807, 2.05) is 0 Å². The molecule has 0 radical (unpaired) electrons. The minimum atomic E-state index is 0.370. The largest absolute Gasteiger partial charge is 0.300 e. The Kier molecular flexibility index (Phi) is 1.82. The van der Waals surface area contributed by atoms with Gasteiger partial charge in [0.15, 0.2) is 0 Å². The van der Waals surface area contributed by atoms with Gasteiger partial charge in [0.25, 0.3) is 0 Å². The molecule has 2 fully saturated rings. The zero-order chi connectivity index (χ0) is 8.72. The third-order valence-electron chi connectivity index (χ3n) is 3.55. The van der Waals surface area contributed by atoms with Gasteiger partial charge in [0, 0.05) is 5.92 Å². The summed E-state index contributed by atoms with van der Waals surface area (Å²) in [6.07, 6.45) is 5.94. The average molecular weight is 164 g/mol. The predicted molar refractivity (Wildman–Crippen MR) is 48.8 cm³/mol. The highest BCUT2D eigenvalue weighted by molar-refractivity contribution is 5.79. The Bertz CT molecular complexity index is 239. The summed E-state index contributed by atoms with van der Waals surface area (Å²) in [5.41, 5.74) is 1.55. The molecule has 1 nitrogen and oxygen atoms in total. The Labute approximate surface area is 73.8 Å². The zero-order valence-corrected chi connectivity index (χ0v) is 7.84. The van der Waals surface area contributed by atoms with Crippen LogP contribution < -0.4 is 0 Å². The van der Waals surface area contributed by atoms with Crippen molar-refractivity contribution < 1.29 is 4.79 Å². The molecule has 2 aliphatic rings. The lowest BCUT2D eigenvalue weighted by atomic mass is 9.82. The van der Waals surface area contributed by atoms with Crippen molar-refractivity contribution in [1.82, 2.24) is 0 Å². The fraction of sp³-hybridized carbons (Fsp3) is 0.727. The Morgan fingerprint density at radius 3 is 2.75 bits per heavy atom. The summed E-state index contributed by atoms with van der Waals surface area (Å²) in [6, 6.07) is 0. The van der Waals surface area contributed by atoms with Crippen LogP contribution in [0, 0.1) is 17.8 Å². The van der Waals surface area contributed by atoms with E-state index in [4.69, 9.17) is 0 Å². The third-order valence-corrected chi connectivity index (χ3v) is 3.55. The first-order valence-corrected chi connectivity index (χ1v) is 4.88. The second-order valence-corrected chi connectivity index (χ2v) is 4.23. The summed E-state index contributed by atoms with van der Waals surface area (Å²) in [5, 5.41) is 0. The maximum absolute atomic E-state index is 11.3. The summed E-state index contributed by atoms with van der Waals surface area (Å²) in [5.74, 6) is 2.23. The standard InChI is InChI=1S/C11H16O/c1-3-9-4-8-5-10(7(2)12)11(9)6-8/h3,8,10-11H,4-6H2,1-2H3/t8-,10?,11+/m0/s1. The number of rotatable bonds is 1.